The summed E-state index contributed by atoms with van der Waals surface area (Å²) in [5, 5.41) is 4.50. The van der Waals surface area contributed by atoms with E-state index in [0.717, 1.165) is 55.7 Å². The zero-order valence-corrected chi connectivity index (χ0v) is 26.1. The van der Waals surface area contributed by atoms with Crippen molar-refractivity contribution in [1.82, 2.24) is 4.98 Å². The van der Waals surface area contributed by atoms with Crippen LogP contribution in [0.5, 0.6) is 0 Å². The predicted octanol–water partition coefficient (Wildman–Crippen LogP) is 12.6. The number of hydrogen-bond donors (Lipinski definition) is 0. The molecule has 0 fully saturated rings. The van der Waals surface area contributed by atoms with E-state index in [2.05, 4.69) is 180 Å². The van der Waals surface area contributed by atoms with Crippen molar-refractivity contribution in [3.8, 4) is 33.4 Å². The Hall–Kier alpha value is -6.45. The van der Waals surface area contributed by atoms with Gasteiger partial charge in [0.1, 0.15) is 11.2 Å². The third-order valence-corrected chi connectivity index (χ3v) is 9.17. The van der Waals surface area contributed by atoms with Crippen LogP contribution in [-0.4, -0.2) is 4.98 Å². The molecule has 0 saturated heterocycles. The maximum absolute atomic E-state index is 6.52. The lowest BCUT2D eigenvalue weighted by molar-refractivity contribution is 0.670. The highest BCUT2D eigenvalue weighted by atomic mass is 16.3. The van der Waals surface area contributed by atoms with Gasteiger partial charge in [-0.3, -0.25) is 4.98 Å². The molecule has 0 unspecified atom stereocenters. The Kier molecular flexibility index (Phi) is 6.80. The van der Waals surface area contributed by atoms with Crippen LogP contribution in [0, 0.1) is 0 Å². The summed E-state index contributed by atoms with van der Waals surface area (Å²) in [7, 11) is 0. The predicted molar refractivity (Wildman–Crippen MR) is 200 cm³/mol. The molecule has 0 N–H and O–H groups in total. The molecule has 2 aromatic heterocycles. The molecule has 2 heterocycles. The van der Waals surface area contributed by atoms with E-state index in [4.69, 9.17) is 4.42 Å². The molecular formula is C45H30N2O. The van der Waals surface area contributed by atoms with Gasteiger partial charge >= 0.3 is 0 Å². The molecule has 7 aromatic carbocycles. The molecule has 0 bridgehead atoms. The van der Waals surface area contributed by atoms with E-state index >= 15 is 0 Å². The molecule has 48 heavy (non-hydrogen) atoms. The SMILES string of the molecule is c1ccc(-c2ccc(N(c3ccc(-c4cncc5c4oc4ccc6ccccc6c45)cc3)c3ccccc3-c3ccccc3)cc2)cc1. The third kappa shape index (κ3) is 4.81. The lowest BCUT2D eigenvalue weighted by Gasteiger charge is -2.28. The second kappa shape index (κ2) is 11.7. The van der Waals surface area contributed by atoms with Crippen LogP contribution in [0.1, 0.15) is 0 Å². The monoisotopic (exact) mass is 614 g/mol. The molecule has 0 spiro atoms. The van der Waals surface area contributed by atoms with Crippen LogP contribution >= 0.6 is 0 Å². The number of hydrogen-bond acceptors (Lipinski definition) is 3. The third-order valence-electron chi connectivity index (χ3n) is 9.17. The van der Waals surface area contributed by atoms with Gasteiger partial charge in [-0.1, -0.05) is 133 Å². The molecule has 0 aliphatic rings. The smallest absolute Gasteiger partial charge is 0.146 e. The van der Waals surface area contributed by atoms with Gasteiger partial charge in [-0.2, -0.15) is 0 Å². The van der Waals surface area contributed by atoms with Gasteiger partial charge in [0.2, 0.25) is 0 Å². The Bertz CT molecular complexity index is 2540. The van der Waals surface area contributed by atoms with Crippen molar-refractivity contribution in [2.24, 2.45) is 0 Å². The van der Waals surface area contributed by atoms with E-state index in [-0.39, 0.29) is 0 Å². The van der Waals surface area contributed by atoms with Gasteiger partial charge in [-0.05, 0) is 69.4 Å². The molecular weight excluding hydrogens is 585 g/mol. The fourth-order valence-electron chi connectivity index (χ4n) is 6.85. The summed E-state index contributed by atoms with van der Waals surface area (Å²) in [4.78, 5) is 7.02. The summed E-state index contributed by atoms with van der Waals surface area (Å²) in [5.41, 5.74) is 11.7. The van der Waals surface area contributed by atoms with Gasteiger partial charge in [0.15, 0.2) is 0 Å². The first kappa shape index (κ1) is 27.8. The number of nitrogens with zero attached hydrogens (tertiary/aromatic N) is 2. The number of anilines is 3. The van der Waals surface area contributed by atoms with Crippen LogP contribution in [0.15, 0.2) is 187 Å². The Morgan fingerprint density at radius 3 is 1.75 bits per heavy atom. The van der Waals surface area contributed by atoms with E-state index in [1.54, 1.807) is 0 Å². The van der Waals surface area contributed by atoms with E-state index in [9.17, 15) is 0 Å². The zero-order chi connectivity index (χ0) is 31.9. The minimum Gasteiger partial charge on any atom is -0.455 e. The van der Waals surface area contributed by atoms with Gasteiger partial charge in [-0.15, -0.1) is 0 Å². The van der Waals surface area contributed by atoms with E-state index in [1.165, 1.54) is 27.5 Å². The van der Waals surface area contributed by atoms with Gasteiger partial charge in [0, 0.05) is 45.7 Å². The Labute approximate surface area is 279 Å². The average molecular weight is 615 g/mol. The van der Waals surface area contributed by atoms with E-state index < -0.39 is 0 Å². The first-order valence-corrected chi connectivity index (χ1v) is 16.2. The Morgan fingerprint density at radius 2 is 1.00 bits per heavy atom. The second-order valence-electron chi connectivity index (χ2n) is 12.0. The average Bonchev–Trinajstić information content (AvgIpc) is 3.56. The number of furan rings is 1. The summed E-state index contributed by atoms with van der Waals surface area (Å²) in [6, 6.07) is 59.9. The minimum absolute atomic E-state index is 0.854. The zero-order valence-electron chi connectivity index (χ0n) is 26.1. The van der Waals surface area contributed by atoms with Gasteiger partial charge in [0.05, 0.1) is 5.69 Å². The van der Waals surface area contributed by atoms with Crippen molar-refractivity contribution in [2.75, 3.05) is 4.90 Å². The number of pyridine rings is 1. The molecule has 0 saturated carbocycles. The maximum atomic E-state index is 6.52. The first-order chi connectivity index (χ1) is 23.8. The van der Waals surface area contributed by atoms with Crippen molar-refractivity contribution in [2.45, 2.75) is 0 Å². The molecule has 9 aromatic rings. The number of fused-ring (bicyclic) bond motifs is 5. The normalized spacial score (nSPS) is 11.3. The molecule has 226 valence electrons. The number of rotatable bonds is 6. The van der Waals surface area contributed by atoms with Crippen LogP contribution in [0.3, 0.4) is 0 Å². The van der Waals surface area contributed by atoms with E-state index in [1.807, 2.05) is 12.4 Å². The molecule has 3 nitrogen and oxygen atoms in total. The van der Waals surface area contributed by atoms with Crippen molar-refractivity contribution in [3.05, 3.63) is 182 Å². The summed E-state index contributed by atoms with van der Waals surface area (Å²) in [6.07, 6.45) is 3.83. The Morgan fingerprint density at radius 1 is 0.417 bits per heavy atom. The lowest BCUT2D eigenvalue weighted by atomic mass is 10.00. The van der Waals surface area contributed by atoms with Crippen molar-refractivity contribution < 1.29 is 4.42 Å². The topological polar surface area (TPSA) is 29.3 Å². The molecule has 0 amide bonds. The Balaban J connectivity index is 1.17. The van der Waals surface area contributed by atoms with Crippen LogP contribution in [0.25, 0.3) is 66.1 Å². The summed E-state index contributed by atoms with van der Waals surface area (Å²) in [5.74, 6) is 0. The molecule has 9 rings (SSSR count). The van der Waals surface area contributed by atoms with Crippen LogP contribution in [-0.2, 0) is 0 Å². The summed E-state index contributed by atoms with van der Waals surface area (Å²) < 4.78 is 6.52. The van der Waals surface area contributed by atoms with Gasteiger partial charge in [-0.25, -0.2) is 0 Å². The lowest BCUT2D eigenvalue weighted by Crippen LogP contribution is -2.11. The summed E-state index contributed by atoms with van der Waals surface area (Å²) in [6.45, 7) is 0. The summed E-state index contributed by atoms with van der Waals surface area (Å²) >= 11 is 0. The molecule has 0 atom stereocenters. The molecule has 0 aliphatic heterocycles. The number of benzene rings is 7. The molecule has 0 aliphatic carbocycles. The fourth-order valence-corrected chi connectivity index (χ4v) is 6.85. The number of para-hydroxylation sites is 1. The van der Waals surface area contributed by atoms with Crippen LogP contribution in [0.4, 0.5) is 17.1 Å². The molecule has 0 radical (unpaired) electrons. The van der Waals surface area contributed by atoms with Crippen LogP contribution < -0.4 is 4.90 Å². The molecule has 3 heteroatoms. The van der Waals surface area contributed by atoms with Crippen molar-refractivity contribution in [3.63, 3.8) is 0 Å². The first-order valence-electron chi connectivity index (χ1n) is 16.2. The highest BCUT2D eigenvalue weighted by molar-refractivity contribution is 6.20. The maximum Gasteiger partial charge on any atom is 0.146 e. The van der Waals surface area contributed by atoms with Gasteiger partial charge < -0.3 is 9.32 Å². The largest absolute Gasteiger partial charge is 0.455 e. The quantitative estimate of drug-likeness (QED) is 0.187. The van der Waals surface area contributed by atoms with Crippen molar-refractivity contribution in [1.29, 1.82) is 0 Å². The highest BCUT2D eigenvalue weighted by Gasteiger charge is 2.19. The second-order valence-corrected chi connectivity index (χ2v) is 12.0. The minimum atomic E-state index is 0.854. The highest BCUT2D eigenvalue weighted by Crippen LogP contribution is 2.43. The number of aromatic nitrogens is 1. The van der Waals surface area contributed by atoms with Crippen LogP contribution in [0.2, 0.25) is 0 Å². The standard InChI is InChI=1S/C45H30N2O/c1-3-11-31(12-4-1)32-19-24-36(25-20-32)47(42-18-10-9-16-38(42)33-13-5-2-6-14-33)37-26-21-35(22-27-37)40-29-46-30-41-44-39-17-8-7-15-34(39)23-28-43(44)48-45(40)41/h1-30H. The fraction of sp³-hybridized carbons (Fsp3) is 0. The van der Waals surface area contributed by atoms with Crippen molar-refractivity contribution >= 4 is 49.8 Å². The van der Waals surface area contributed by atoms with E-state index in [0.29, 0.717) is 0 Å². The van der Waals surface area contributed by atoms with Gasteiger partial charge in [0.25, 0.3) is 0 Å².